The van der Waals surface area contributed by atoms with E-state index in [1.54, 1.807) is 16.4 Å². The fourth-order valence-electron chi connectivity index (χ4n) is 2.44. The van der Waals surface area contributed by atoms with Gasteiger partial charge in [0.15, 0.2) is 0 Å². The summed E-state index contributed by atoms with van der Waals surface area (Å²) in [5, 5.41) is 3.35. The molecule has 0 unspecified atom stereocenters. The van der Waals surface area contributed by atoms with E-state index in [9.17, 15) is 8.42 Å². The van der Waals surface area contributed by atoms with Crippen molar-refractivity contribution in [2.24, 2.45) is 0 Å². The predicted molar refractivity (Wildman–Crippen MR) is 81.3 cm³/mol. The molecule has 1 fully saturated rings. The van der Waals surface area contributed by atoms with Crippen molar-refractivity contribution in [2.75, 3.05) is 26.2 Å². The first-order chi connectivity index (χ1) is 9.64. The van der Waals surface area contributed by atoms with E-state index >= 15 is 0 Å². The van der Waals surface area contributed by atoms with Gasteiger partial charge in [-0.25, -0.2) is 8.42 Å². The van der Waals surface area contributed by atoms with E-state index in [0.717, 1.165) is 38.8 Å². The summed E-state index contributed by atoms with van der Waals surface area (Å²) in [7, 11) is -3.27. The summed E-state index contributed by atoms with van der Waals surface area (Å²) in [6.07, 6.45) is 4.01. The van der Waals surface area contributed by atoms with Gasteiger partial charge in [-0.3, -0.25) is 0 Å². The lowest BCUT2D eigenvalue weighted by atomic mass is 10.1. The Labute approximate surface area is 122 Å². The lowest BCUT2D eigenvalue weighted by Gasteiger charge is -2.15. The minimum atomic E-state index is -3.27. The highest BCUT2D eigenvalue weighted by Crippen LogP contribution is 2.21. The second kappa shape index (κ2) is 7.20. The molecule has 0 atom stereocenters. The van der Waals surface area contributed by atoms with Gasteiger partial charge >= 0.3 is 0 Å². The maximum atomic E-state index is 12.4. The highest BCUT2D eigenvalue weighted by Gasteiger charge is 2.26. The van der Waals surface area contributed by atoms with E-state index in [2.05, 4.69) is 12.2 Å². The van der Waals surface area contributed by atoms with Gasteiger partial charge < -0.3 is 5.32 Å². The fourth-order valence-corrected chi connectivity index (χ4v) is 3.96. The molecule has 0 amide bonds. The van der Waals surface area contributed by atoms with Crippen LogP contribution < -0.4 is 5.32 Å². The Hall–Kier alpha value is -0.910. The quantitative estimate of drug-likeness (QED) is 0.783. The molecule has 4 nitrogen and oxygen atoms in total. The molecule has 1 aromatic rings. The molecule has 20 heavy (non-hydrogen) atoms. The normalized spacial score (nSPS) is 16.6. The Morgan fingerprint density at radius 2 is 1.75 bits per heavy atom. The summed E-state index contributed by atoms with van der Waals surface area (Å²) in [6, 6.07) is 7.33. The summed E-state index contributed by atoms with van der Waals surface area (Å²) in [5.74, 6) is 0. The third-order valence-electron chi connectivity index (χ3n) is 3.64. The molecule has 2 rings (SSSR count). The van der Waals surface area contributed by atoms with E-state index in [1.165, 1.54) is 5.56 Å². The van der Waals surface area contributed by atoms with Crippen LogP contribution in [0.25, 0.3) is 0 Å². The molecule has 5 heteroatoms. The van der Waals surface area contributed by atoms with Gasteiger partial charge in [0, 0.05) is 13.1 Å². The molecule has 0 aliphatic carbocycles. The lowest BCUT2D eigenvalue weighted by Crippen LogP contribution is -2.27. The summed E-state index contributed by atoms with van der Waals surface area (Å²) < 4.78 is 26.3. The van der Waals surface area contributed by atoms with Crippen LogP contribution >= 0.6 is 0 Å². The summed E-state index contributed by atoms with van der Waals surface area (Å²) in [4.78, 5) is 0.421. The number of nitrogens with zero attached hydrogens (tertiary/aromatic N) is 1. The van der Waals surface area contributed by atoms with Crippen LogP contribution in [0.1, 0.15) is 31.7 Å². The first-order valence-electron chi connectivity index (χ1n) is 7.44. The number of benzene rings is 1. The van der Waals surface area contributed by atoms with Gasteiger partial charge in [0.1, 0.15) is 0 Å². The number of hydrogen-bond acceptors (Lipinski definition) is 3. The van der Waals surface area contributed by atoms with Crippen molar-refractivity contribution in [1.29, 1.82) is 0 Å². The van der Waals surface area contributed by atoms with Crippen molar-refractivity contribution in [3.8, 4) is 0 Å². The largest absolute Gasteiger partial charge is 0.316 e. The van der Waals surface area contributed by atoms with Gasteiger partial charge in [-0.1, -0.05) is 19.1 Å². The van der Waals surface area contributed by atoms with Crippen molar-refractivity contribution >= 4 is 10.0 Å². The smallest absolute Gasteiger partial charge is 0.243 e. The van der Waals surface area contributed by atoms with Gasteiger partial charge in [-0.15, -0.1) is 0 Å². The van der Waals surface area contributed by atoms with Crippen molar-refractivity contribution < 1.29 is 8.42 Å². The summed E-state index contributed by atoms with van der Waals surface area (Å²) in [6.45, 7) is 5.43. The maximum Gasteiger partial charge on any atom is 0.243 e. The summed E-state index contributed by atoms with van der Waals surface area (Å²) in [5.41, 5.74) is 1.17. The molecular weight excluding hydrogens is 272 g/mol. The van der Waals surface area contributed by atoms with Crippen molar-refractivity contribution in [1.82, 2.24) is 9.62 Å². The predicted octanol–water partition coefficient (Wildman–Crippen LogP) is 2.01. The molecule has 0 aromatic heterocycles. The first kappa shape index (κ1) is 15.5. The zero-order valence-electron chi connectivity index (χ0n) is 12.1. The number of sulfonamides is 1. The van der Waals surface area contributed by atoms with Gasteiger partial charge in [0.05, 0.1) is 4.90 Å². The Morgan fingerprint density at radius 1 is 1.10 bits per heavy atom. The second-order valence-electron chi connectivity index (χ2n) is 5.26. The molecule has 0 saturated carbocycles. The van der Waals surface area contributed by atoms with Crippen LogP contribution in [0.3, 0.4) is 0 Å². The van der Waals surface area contributed by atoms with Crippen LogP contribution in [0.5, 0.6) is 0 Å². The van der Waals surface area contributed by atoms with Gasteiger partial charge in [0.2, 0.25) is 10.0 Å². The molecule has 1 aliphatic rings. The Morgan fingerprint density at radius 3 is 2.35 bits per heavy atom. The van der Waals surface area contributed by atoms with Crippen molar-refractivity contribution in [2.45, 2.75) is 37.5 Å². The highest BCUT2D eigenvalue weighted by atomic mass is 32.2. The van der Waals surface area contributed by atoms with E-state index in [0.29, 0.717) is 18.0 Å². The highest BCUT2D eigenvalue weighted by molar-refractivity contribution is 7.89. The Balaban J connectivity index is 1.97. The average molecular weight is 296 g/mol. The number of rotatable bonds is 7. The Bertz CT molecular complexity index is 505. The molecule has 0 bridgehead atoms. The molecule has 1 aliphatic heterocycles. The fraction of sp³-hybridized carbons (Fsp3) is 0.600. The summed E-state index contributed by atoms with van der Waals surface area (Å²) >= 11 is 0. The van der Waals surface area contributed by atoms with E-state index in [4.69, 9.17) is 0 Å². The molecule has 1 aromatic carbocycles. The van der Waals surface area contributed by atoms with E-state index in [-0.39, 0.29) is 0 Å². The van der Waals surface area contributed by atoms with Gasteiger partial charge in [-0.05, 0) is 56.5 Å². The lowest BCUT2D eigenvalue weighted by molar-refractivity contribution is 0.477. The molecule has 0 spiro atoms. The van der Waals surface area contributed by atoms with Crippen molar-refractivity contribution in [3.05, 3.63) is 29.8 Å². The monoisotopic (exact) mass is 296 g/mol. The third kappa shape index (κ3) is 3.81. The van der Waals surface area contributed by atoms with Gasteiger partial charge in [0.25, 0.3) is 0 Å². The molecule has 1 N–H and O–H groups in total. The number of nitrogens with one attached hydrogen (secondary N) is 1. The van der Waals surface area contributed by atoms with Crippen LogP contribution in [0.2, 0.25) is 0 Å². The second-order valence-corrected chi connectivity index (χ2v) is 7.19. The minimum Gasteiger partial charge on any atom is -0.316 e. The zero-order valence-corrected chi connectivity index (χ0v) is 13.0. The van der Waals surface area contributed by atoms with Crippen LogP contribution in [-0.4, -0.2) is 38.9 Å². The number of hydrogen-bond donors (Lipinski definition) is 1. The maximum absolute atomic E-state index is 12.4. The van der Waals surface area contributed by atoms with Crippen LogP contribution in [0.4, 0.5) is 0 Å². The molecule has 1 heterocycles. The third-order valence-corrected chi connectivity index (χ3v) is 5.56. The van der Waals surface area contributed by atoms with Crippen LogP contribution in [0.15, 0.2) is 29.2 Å². The topological polar surface area (TPSA) is 49.4 Å². The molecule has 1 saturated heterocycles. The van der Waals surface area contributed by atoms with Crippen LogP contribution in [-0.2, 0) is 16.4 Å². The average Bonchev–Trinajstić information content (AvgIpc) is 2.99. The molecular formula is C15H24N2O2S. The van der Waals surface area contributed by atoms with E-state index in [1.807, 2.05) is 12.1 Å². The Kier molecular flexibility index (Phi) is 5.57. The van der Waals surface area contributed by atoms with Crippen LogP contribution in [0, 0.1) is 0 Å². The first-order valence-corrected chi connectivity index (χ1v) is 8.88. The molecule has 112 valence electrons. The standard InChI is InChI=1S/C15H24N2O2S/c1-2-10-16-11-9-14-5-7-15(8-6-14)20(18,19)17-12-3-4-13-17/h5-8,16H,2-4,9-13H2,1H3. The molecule has 0 radical (unpaired) electrons. The minimum absolute atomic E-state index is 0.421. The van der Waals surface area contributed by atoms with Crippen molar-refractivity contribution in [3.63, 3.8) is 0 Å². The zero-order chi connectivity index (χ0) is 14.4. The van der Waals surface area contributed by atoms with E-state index < -0.39 is 10.0 Å². The van der Waals surface area contributed by atoms with Gasteiger partial charge in [-0.2, -0.15) is 4.31 Å². The SMILES string of the molecule is CCCNCCc1ccc(S(=O)(=O)N2CCCC2)cc1.